The van der Waals surface area contributed by atoms with Gasteiger partial charge in [-0.2, -0.15) is 0 Å². The standard InChI is InChI=1S/C16H13BrClNS/c1-10(19-14-7-6-12(17)9-13(14)18)16-8-11-4-2-3-5-15(11)20-16/h2-10,19H,1H3. The van der Waals surface area contributed by atoms with E-state index in [1.54, 1.807) is 0 Å². The van der Waals surface area contributed by atoms with Crippen molar-refractivity contribution in [2.45, 2.75) is 13.0 Å². The van der Waals surface area contributed by atoms with Gasteiger partial charge in [0.15, 0.2) is 0 Å². The summed E-state index contributed by atoms with van der Waals surface area (Å²) >= 11 is 11.5. The molecule has 0 amide bonds. The molecule has 0 aliphatic rings. The fourth-order valence-electron chi connectivity index (χ4n) is 2.13. The highest BCUT2D eigenvalue weighted by atomic mass is 79.9. The zero-order valence-electron chi connectivity index (χ0n) is 10.9. The first-order valence-corrected chi connectivity index (χ1v) is 8.32. The van der Waals surface area contributed by atoms with Crippen LogP contribution in [0.25, 0.3) is 10.1 Å². The normalized spacial score (nSPS) is 12.6. The summed E-state index contributed by atoms with van der Waals surface area (Å²) in [4.78, 5) is 1.31. The summed E-state index contributed by atoms with van der Waals surface area (Å²) in [7, 11) is 0. The molecule has 0 saturated carbocycles. The fraction of sp³-hybridized carbons (Fsp3) is 0.125. The number of rotatable bonds is 3. The number of fused-ring (bicyclic) bond motifs is 1. The maximum Gasteiger partial charge on any atom is 0.0648 e. The molecule has 0 bridgehead atoms. The van der Waals surface area contributed by atoms with Crippen molar-refractivity contribution in [1.82, 2.24) is 0 Å². The Kier molecular flexibility index (Phi) is 4.01. The molecule has 0 aliphatic heterocycles. The molecule has 0 aliphatic carbocycles. The fourth-order valence-corrected chi connectivity index (χ4v) is 3.92. The topological polar surface area (TPSA) is 12.0 Å². The summed E-state index contributed by atoms with van der Waals surface area (Å²) in [5.41, 5.74) is 0.958. The molecule has 3 aromatic rings. The molecule has 2 aromatic carbocycles. The lowest BCUT2D eigenvalue weighted by Crippen LogP contribution is -2.05. The van der Waals surface area contributed by atoms with Gasteiger partial charge in [0.05, 0.1) is 16.8 Å². The largest absolute Gasteiger partial charge is 0.377 e. The minimum Gasteiger partial charge on any atom is -0.377 e. The maximum absolute atomic E-state index is 6.25. The predicted molar refractivity (Wildman–Crippen MR) is 93.0 cm³/mol. The van der Waals surface area contributed by atoms with Crippen LogP contribution in [-0.2, 0) is 0 Å². The lowest BCUT2D eigenvalue weighted by molar-refractivity contribution is 0.909. The van der Waals surface area contributed by atoms with E-state index >= 15 is 0 Å². The average molecular weight is 367 g/mol. The molecule has 4 heteroatoms. The number of hydrogen-bond acceptors (Lipinski definition) is 2. The van der Waals surface area contributed by atoms with Crippen molar-refractivity contribution in [2.75, 3.05) is 5.32 Å². The first-order chi connectivity index (χ1) is 9.63. The zero-order valence-corrected chi connectivity index (χ0v) is 14.0. The summed E-state index contributed by atoms with van der Waals surface area (Å²) in [6.45, 7) is 2.16. The Morgan fingerprint density at radius 2 is 1.95 bits per heavy atom. The highest BCUT2D eigenvalue weighted by molar-refractivity contribution is 9.10. The molecule has 102 valence electrons. The second-order valence-corrected chi connectivity index (χ2v) is 7.12. The van der Waals surface area contributed by atoms with Crippen molar-refractivity contribution >= 4 is 54.6 Å². The van der Waals surface area contributed by atoms with Crippen LogP contribution in [0, 0.1) is 0 Å². The van der Waals surface area contributed by atoms with Gasteiger partial charge in [0, 0.05) is 14.0 Å². The Morgan fingerprint density at radius 3 is 2.70 bits per heavy atom. The van der Waals surface area contributed by atoms with Gasteiger partial charge in [0.1, 0.15) is 0 Å². The van der Waals surface area contributed by atoms with E-state index in [4.69, 9.17) is 11.6 Å². The van der Waals surface area contributed by atoms with Gasteiger partial charge in [-0.1, -0.05) is 45.7 Å². The minimum absolute atomic E-state index is 0.228. The van der Waals surface area contributed by atoms with Crippen LogP contribution in [0.5, 0.6) is 0 Å². The van der Waals surface area contributed by atoms with E-state index in [0.29, 0.717) is 0 Å². The molecule has 0 fully saturated rings. The summed E-state index contributed by atoms with van der Waals surface area (Å²) < 4.78 is 2.31. The molecule has 0 spiro atoms. The van der Waals surface area contributed by atoms with E-state index < -0.39 is 0 Å². The van der Waals surface area contributed by atoms with Crippen molar-refractivity contribution in [2.24, 2.45) is 0 Å². The first kappa shape index (κ1) is 13.9. The van der Waals surface area contributed by atoms with Gasteiger partial charge in [-0.3, -0.25) is 0 Å². The van der Waals surface area contributed by atoms with Crippen LogP contribution in [-0.4, -0.2) is 0 Å². The Labute approximate surface area is 135 Å². The highest BCUT2D eigenvalue weighted by Gasteiger charge is 2.11. The molecule has 1 heterocycles. The third-order valence-corrected chi connectivity index (χ3v) is 5.28. The lowest BCUT2D eigenvalue weighted by atomic mass is 10.2. The molecule has 1 N–H and O–H groups in total. The van der Waals surface area contributed by atoms with Crippen LogP contribution in [0.1, 0.15) is 17.8 Å². The number of thiophene rings is 1. The quantitative estimate of drug-likeness (QED) is 0.558. The van der Waals surface area contributed by atoms with Gasteiger partial charge < -0.3 is 5.32 Å². The summed E-state index contributed by atoms with van der Waals surface area (Å²) in [5.74, 6) is 0. The highest BCUT2D eigenvalue weighted by Crippen LogP contribution is 2.33. The van der Waals surface area contributed by atoms with E-state index in [2.05, 4.69) is 58.5 Å². The molecular formula is C16H13BrClNS. The van der Waals surface area contributed by atoms with Gasteiger partial charge in [-0.25, -0.2) is 0 Å². The molecule has 1 aromatic heterocycles. The first-order valence-electron chi connectivity index (χ1n) is 6.33. The van der Waals surface area contributed by atoms with Gasteiger partial charge in [0.2, 0.25) is 0 Å². The third kappa shape index (κ3) is 2.85. The van der Waals surface area contributed by atoms with Crippen LogP contribution >= 0.6 is 38.9 Å². The van der Waals surface area contributed by atoms with Crippen molar-refractivity contribution < 1.29 is 0 Å². The van der Waals surface area contributed by atoms with Crippen molar-refractivity contribution in [3.05, 3.63) is 62.9 Å². The monoisotopic (exact) mass is 365 g/mol. The summed E-state index contributed by atoms with van der Waals surface area (Å²) in [6.07, 6.45) is 0. The van der Waals surface area contributed by atoms with E-state index in [-0.39, 0.29) is 6.04 Å². The summed E-state index contributed by atoms with van der Waals surface area (Å²) in [5, 5.41) is 5.50. The third-order valence-electron chi connectivity index (χ3n) is 3.17. The Balaban J connectivity index is 1.86. The molecule has 0 radical (unpaired) electrons. The van der Waals surface area contributed by atoms with Crippen LogP contribution in [0.15, 0.2) is 53.0 Å². The number of benzene rings is 2. The minimum atomic E-state index is 0.228. The SMILES string of the molecule is CC(Nc1ccc(Br)cc1Cl)c1cc2ccccc2s1. The van der Waals surface area contributed by atoms with Crippen LogP contribution in [0.4, 0.5) is 5.69 Å². The zero-order chi connectivity index (χ0) is 14.1. The second-order valence-electron chi connectivity index (χ2n) is 4.68. The van der Waals surface area contributed by atoms with E-state index in [9.17, 15) is 0 Å². The average Bonchev–Trinajstić information content (AvgIpc) is 2.86. The number of hydrogen-bond donors (Lipinski definition) is 1. The second kappa shape index (κ2) is 5.76. The van der Waals surface area contributed by atoms with Gasteiger partial charge in [-0.05, 0) is 42.6 Å². The maximum atomic E-state index is 6.25. The number of anilines is 1. The number of halogens is 2. The molecule has 20 heavy (non-hydrogen) atoms. The van der Waals surface area contributed by atoms with Crippen LogP contribution in [0.3, 0.4) is 0 Å². The molecule has 3 rings (SSSR count). The van der Waals surface area contributed by atoms with Gasteiger partial charge >= 0.3 is 0 Å². The van der Waals surface area contributed by atoms with Crippen LogP contribution < -0.4 is 5.32 Å². The molecule has 0 saturated heterocycles. The van der Waals surface area contributed by atoms with Gasteiger partial charge in [-0.15, -0.1) is 11.3 Å². The van der Waals surface area contributed by atoms with Crippen LogP contribution in [0.2, 0.25) is 5.02 Å². The summed E-state index contributed by atoms with van der Waals surface area (Å²) in [6, 6.07) is 16.8. The van der Waals surface area contributed by atoms with E-state index in [1.165, 1.54) is 15.0 Å². The van der Waals surface area contributed by atoms with Crippen molar-refractivity contribution in [1.29, 1.82) is 0 Å². The number of nitrogens with one attached hydrogen (secondary N) is 1. The Hall–Kier alpha value is -1.03. The molecule has 1 unspecified atom stereocenters. The van der Waals surface area contributed by atoms with Crippen molar-refractivity contribution in [3.63, 3.8) is 0 Å². The molecular weight excluding hydrogens is 354 g/mol. The van der Waals surface area contributed by atoms with Gasteiger partial charge in [0.25, 0.3) is 0 Å². The van der Waals surface area contributed by atoms with E-state index in [1.807, 2.05) is 29.5 Å². The molecule has 1 nitrogen and oxygen atoms in total. The predicted octanol–water partition coefficient (Wildman–Crippen LogP) is 6.49. The lowest BCUT2D eigenvalue weighted by Gasteiger charge is -2.15. The molecule has 1 atom stereocenters. The Bertz CT molecular complexity index is 720. The smallest absolute Gasteiger partial charge is 0.0648 e. The van der Waals surface area contributed by atoms with Crippen molar-refractivity contribution in [3.8, 4) is 0 Å². The Morgan fingerprint density at radius 1 is 1.15 bits per heavy atom. The van der Waals surface area contributed by atoms with E-state index in [0.717, 1.165) is 15.2 Å².